The Hall–Kier alpha value is -1.87. The zero-order valence-electron chi connectivity index (χ0n) is 15.9. The van der Waals surface area contributed by atoms with Crippen LogP contribution in [0, 0.1) is 17.0 Å². The number of imide groups is 1. The maximum Gasteiger partial charge on any atom is 0.242 e. The molecule has 2 aliphatic rings. The summed E-state index contributed by atoms with van der Waals surface area (Å²) in [5.74, 6) is -3.92. The number of benzene rings is 1. The predicted octanol–water partition coefficient (Wildman–Crippen LogP) is 2.50. The number of hydrogen-bond donors (Lipinski definition) is 1. The summed E-state index contributed by atoms with van der Waals surface area (Å²) >= 11 is 2.99. The van der Waals surface area contributed by atoms with Gasteiger partial charge in [0.25, 0.3) is 0 Å². The summed E-state index contributed by atoms with van der Waals surface area (Å²) in [6.45, 7) is 6.07. The normalized spacial score (nSPS) is 29.0. The number of nitrogens with one attached hydrogen (secondary N) is 1. The van der Waals surface area contributed by atoms with Gasteiger partial charge in [-0.2, -0.15) is 0 Å². The van der Waals surface area contributed by atoms with Crippen LogP contribution < -0.4 is 10.2 Å². The van der Waals surface area contributed by atoms with E-state index in [0.29, 0.717) is 5.56 Å². The number of morpholine rings is 1. The first kappa shape index (κ1) is 20.9. The second-order valence-electron chi connectivity index (χ2n) is 7.46. The average Bonchev–Trinajstić information content (AvgIpc) is 2.57. The van der Waals surface area contributed by atoms with Gasteiger partial charge in [-0.25, -0.2) is 8.78 Å². The van der Waals surface area contributed by atoms with Gasteiger partial charge in [0.2, 0.25) is 11.8 Å². The van der Waals surface area contributed by atoms with E-state index in [-0.39, 0.29) is 29.2 Å². The van der Waals surface area contributed by atoms with Crippen LogP contribution in [0.4, 0.5) is 14.5 Å². The first-order chi connectivity index (χ1) is 13.0. The van der Waals surface area contributed by atoms with Crippen molar-refractivity contribution in [2.45, 2.75) is 52.4 Å². The summed E-state index contributed by atoms with van der Waals surface area (Å²) in [5, 5.41) is 2.21. The van der Waals surface area contributed by atoms with Gasteiger partial charge in [-0.15, -0.1) is 0 Å². The summed E-state index contributed by atoms with van der Waals surface area (Å²) in [6.07, 6.45) is -1.14. The maximum absolute atomic E-state index is 14.9. The van der Waals surface area contributed by atoms with Gasteiger partial charge in [-0.3, -0.25) is 19.7 Å². The molecule has 1 fully saturated rings. The fraction of sp³-hybridized carbons (Fsp3) is 0.526. The zero-order chi connectivity index (χ0) is 21.0. The highest BCUT2D eigenvalue weighted by atomic mass is 79.9. The summed E-state index contributed by atoms with van der Waals surface area (Å²) in [7, 11) is 0. The summed E-state index contributed by atoms with van der Waals surface area (Å²) in [6, 6.07) is 0.496. The highest BCUT2D eigenvalue weighted by molar-refractivity contribution is 9.10. The molecule has 0 aromatic heterocycles. The molecular formula is C19H21BrF2N2O4. The molecule has 0 radical (unpaired) electrons. The number of ether oxygens (including phenoxy) is 1. The molecule has 6 nitrogen and oxygen atoms in total. The molecule has 0 bridgehead atoms. The van der Waals surface area contributed by atoms with E-state index in [1.807, 2.05) is 0 Å². The molecule has 2 aliphatic heterocycles. The molecule has 1 N–H and O–H groups in total. The van der Waals surface area contributed by atoms with Gasteiger partial charge < -0.3 is 9.64 Å². The molecule has 9 heteroatoms. The lowest BCUT2D eigenvalue weighted by Gasteiger charge is -2.54. The quantitative estimate of drug-likeness (QED) is 0.544. The van der Waals surface area contributed by atoms with Crippen molar-refractivity contribution in [1.82, 2.24) is 5.32 Å². The first-order valence-corrected chi connectivity index (χ1v) is 9.71. The predicted molar refractivity (Wildman–Crippen MR) is 101 cm³/mol. The third kappa shape index (κ3) is 3.04. The maximum atomic E-state index is 14.9. The lowest BCUT2D eigenvalue weighted by molar-refractivity contribution is -0.151. The topological polar surface area (TPSA) is 75.7 Å². The van der Waals surface area contributed by atoms with Crippen LogP contribution in [0.2, 0.25) is 0 Å². The second kappa shape index (κ2) is 7.18. The molecule has 28 heavy (non-hydrogen) atoms. The molecule has 152 valence electrons. The van der Waals surface area contributed by atoms with E-state index in [2.05, 4.69) is 21.2 Å². The van der Waals surface area contributed by atoms with Crippen LogP contribution in [0.5, 0.6) is 0 Å². The molecule has 0 saturated carbocycles. The number of amides is 2. The SMILES string of the molecule is CC(=O)NC(=O)[C@]1(C(C)=O)Cc2cc(Br)c(F)c(F)c2N2C[C@@H](C)O[C@@H](C)[C@@H]21. The Labute approximate surface area is 169 Å². The number of fused-ring (bicyclic) bond motifs is 3. The Morgan fingerprint density at radius 2 is 1.89 bits per heavy atom. The lowest BCUT2D eigenvalue weighted by Crippen LogP contribution is -2.70. The number of nitrogens with zero attached hydrogens (tertiary/aromatic N) is 1. The van der Waals surface area contributed by atoms with Gasteiger partial charge in [-0.1, -0.05) is 0 Å². The van der Waals surface area contributed by atoms with Crippen LogP contribution >= 0.6 is 15.9 Å². The highest BCUT2D eigenvalue weighted by Gasteiger charge is 2.59. The summed E-state index contributed by atoms with van der Waals surface area (Å²) < 4.78 is 34.9. The van der Waals surface area contributed by atoms with Gasteiger partial charge in [0, 0.05) is 13.5 Å². The Morgan fingerprint density at radius 1 is 1.25 bits per heavy atom. The van der Waals surface area contributed by atoms with Crippen LogP contribution in [0.25, 0.3) is 0 Å². The summed E-state index contributed by atoms with van der Waals surface area (Å²) in [4.78, 5) is 39.0. The van der Waals surface area contributed by atoms with E-state index in [4.69, 9.17) is 4.74 Å². The number of rotatable bonds is 2. The number of ketones is 1. The third-order valence-electron chi connectivity index (χ3n) is 5.48. The minimum atomic E-state index is -1.68. The van der Waals surface area contributed by atoms with Gasteiger partial charge in [0.1, 0.15) is 11.2 Å². The monoisotopic (exact) mass is 458 g/mol. The molecule has 1 saturated heterocycles. The smallest absolute Gasteiger partial charge is 0.242 e. The van der Waals surface area contributed by atoms with Crippen molar-refractivity contribution in [3.8, 4) is 0 Å². The van der Waals surface area contributed by atoms with E-state index in [1.165, 1.54) is 19.9 Å². The molecule has 1 aromatic rings. The minimum absolute atomic E-state index is 0.0280. The van der Waals surface area contributed by atoms with Crippen molar-refractivity contribution in [3.05, 3.63) is 27.7 Å². The fourth-order valence-electron chi connectivity index (χ4n) is 4.49. The van der Waals surface area contributed by atoms with Crippen molar-refractivity contribution in [2.75, 3.05) is 11.4 Å². The molecule has 2 amide bonds. The van der Waals surface area contributed by atoms with Crippen molar-refractivity contribution in [2.24, 2.45) is 5.41 Å². The van der Waals surface area contributed by atoms with Gasteiger partial charge >= 0.3 is 0 Å². The molecular weight excluding hydrogens is 438 g/mol. The molecule has 0 unspecified atom stereocenters. The van der Waals surface area contributed by atoms with Gasteiger partial charge in [0.15, 0.2) is 11.6 Å². The standard InChI is InChI=1S/C19H21BrF2N2O4/c1-8-7-24-16-12(5-13(20)14(21)15(16)22)6-19(10(3)25,17(24)9(2)28-8)18(27)23-11(4)26/h5,8-9,17H,6-7H2,1-4H3,(H,23,26,27)/t8-,9+,17-,19+/m1/s1. The van der Waals surface area contributed by atoms with Gasteiger partial charge in [0.05, 0.1) is 28.4 Å². The van der Waals surface area contributed by atoms with E-state index in [9.17, 15) is 23.2 Å². The molecule has 0 spiro atoms. The Bertz CT molecular complexity index is 878. The van der Waals surface area contributed by atoms with Crippen LogP contribution in [-0.2, 0) is 25.5 Å². The largest absolute Gasteiger partial charge is 0.372 e. The number of anilines is 1. The third-order valence-corrected chi connectivity index (χ3v) is 6.06. The van der Waals surface area contributed by atoms with Crippen molar-refractivity contribution < 1.29 is 27.9 Å². The molecule has 0 aliphatic carbocycles. The summed E-state index contributed by atoms with van der Waals surface area (Å²) in [5.41, 5.74) is -1.33. The number of Topliss-reactive ketones (excluding diaryl/α,β-unsaturated/α-hetero) is 1. The van der Waals surface area contributed by atoms with E-state index >= 15 is 0 Å². The van der Waals surface area contributed by atoms with Crippen LogP contribution in [0.3, 0.4) is 0 Å². The van der Waals surface area contributed by atoms with Crippen LogP contribution in [-0.4, -0.2) is 42.4 Å². The number of hydrogen-bond acceptors (Lipinski definition) is 5. The highest BCUT2D eigenvalue weighted by Crippen LogP contribution is 2.48. The van der Waals surface area contributed by atoms with Crippen molar-refractivity contribution >= 4 is 39.2 Å². The molecule has 1 aromatic carbocycles. The van der Waals surface area contributed by atoms with E-state index in [0.717, 1.165) is 0 Å². The fourth-order valence-corrected chi connectivity index (χ4v) is 4.94. The molecule has 4 atom stereocenters. The average molecular weight is 459 g/mol. The first-order valence-electron chi connectivity index (χ1n) is 8.92. The van der Waals surface area contributed by atoms with E-state index < -0.39 is 46.8 Å². The van der Waals surface area contributed by atoms with Gasteiger partial charge in [-0.05, 0) is 54.8 Å². The van der Waals surface area contributed by atoms with Crippen molar-refractivity contribution in [1.29, 1.82) is 0 Å². The zero-order valence-corrected chi connectivity index (χ0v) is 17.5. The molecule has 2 heterocycles. The second-order valence-corrected chi connectivity index (χ2v) is 8.31. The molecule has 3 rings (SSSR count). The van der Waals surface area contributed by atoms with E-state index in [1.54, 1.807) is 18.7 Å². The lowest BCUT2D eigenvalue weighted by atomic mass is 9.65. The Morgan fingerprint density at radius 3 is 2.46 bits per heavy atom. The number of halogens is 3. The Balaban J connectivity index is 2.29. The van der Waals surface area contributed by atoms with Crippen LogP contribution in [0.15, 0.2) is 10.5 Å². The number of carbonyl (C=O) groups excluding carboxylic acids is 3. The van der Waals surface area contributed by atoms with Crippen LogP contribution in [0.1, 0.15) is 33.3 Å². The minimum Gasteiger partial charge on any atom is -0.372 e. The Kier molecular flexibility index (Phi) is 5.35. The van der Waals surface area contributed by atoms with Crippen molar-refractivity contribution in [3.63, 3.8) is 0 Å². The number of carbonyl (C=O) groups is 3.